The zero-order valence-corrected chi connectivity index (χ0v) is 12.0. The standard InChI is InChI=1S/C18H15NO2/c1-13-5-3-4-6-17(13)18(20)15(12-19)11-14-7-9-16(21-2)10-8-14/h3-11H,1-2H3/b15-11+. The van der Waals surface area contributed by atoms with Crippen LogP contribution in [0.5, 0.6) is 5.75 Å². The molecule has 3 heteroatoms. The number of nitrogens with zero attached hydrogens (tertiary/aromatic N) is 1. The van der Waals surface area contributed by atoms with E-state index in [0.29, 0.717) is 5.56 Å². The molecule has 0 saturated heterocycles. The maximum absolute atomic E-state index is 12.4. The molecule has 0 atom stereocenters. The lowest BCUT2D eigenvalue weighted by Gasteiger charge is -2.04. The van der Waals surface area contributed by atoms with Gasteiger partial charge in [0.05, 0.1) is 7.11 Å². The van der Waals surface area contributed by atoms with E-state index in [9.17, 15) is 10.1 Å². The summed E-state index contributed by atoms with van der Waals surface area (Å²) in [6.45, 7) is 1.86. The number of rotatable bonds is 4. The van der Waals surface area contributed by atoms with Gasteiger partial charge in [-0.3, -0.25) is 4.79 Å². The van der Waals surface area contributed by atoms with Crippen molar-refractivity contribution in [3.8, 4) is 11.8 Å². The smallest absolute Gasteiger partial charge is 0.203 e. The summed E-state index contributed by atoms with van der Waals surface area (Å²) in [6, 6.07) is 16.4. The number of hydrogen-bond acceptors (Lipinski definition) is 3. The number of Topliss-reactive ketones (excluding diaryl/α,β-unsaturated/α-hetero) is 1. The van der Waals surface area contributed by atoms with Crippen molar-refractivity contribution in [2.75, 3.05) is 7.11 Å². The Morgan fingerprint density at radius 2 is 1.81 bits per heavy atom. The van der Waals surface area contributed by atoms with Crippen LogP contribution < -0.4 is 4.74 Å². The molecule has 0 spiro atoms. The summed E-state index contributed by atoms with van der Waals surface area (Å²) in [6.07, 6.45) is 1.59. The van der Waals surface area contributed by atoms with Gasteiger partial charge in [-0.05, 0) is 36.3 Å². The molecule has 0 saturated carbocycles. The van der Waals surface area contributed by atoms with Crippen LogP contribution in [-0.4, -0.2) is 12.9 Å². The fourth-order valence-corrected chi connectivity index (χ4v) is 1.99. The first-order chi connectivity index (χ1) is 10.2. The van der Waals surface area contributed by atoms with Gasteiger partial charge in [-0.1, -0.05) is 36.4 Å². The van der Waals surface area contributed by atoms with Crippen molar-refractivity contribution < 1.29 is 9.53 Å². The molecular formula is C18H15NO2. The van der Waals surface area contributed by atoms with Crippen molar-refractivity contribution in [3.05, 3.63) is 70.8 Å². The number of carbonyl (C=O) groups is 1. The lowest BCUT2D eigenvalue weighted by Crippen LogP contribution is -2.04. The van der Waals surface area contributed by atoms with Crippen molar-refractivity contribution in [1.82, 2.24) is 0 Å². The molecule has 0 fully saturated rings. The fourth-order valence-electron chi connectivity index (χ4n) is 1.99. The van der Waals surface area contributed by atoms with Gasteiger partial charge in [-0.25, -0.2) is 0 Å². The fraction of sp³-hybridized carbons (Fsp3) is 0.111. The first kappa shape index (κ1) is 14.5. The average molecular weight is 277 g/mol. The highest BCUT2D eigenvalue weighted by atomic mass is 16.5. The Morgan fingerprint density at radius 3 is 2.38 bits per heavy atom. The maximum atomic E-state index is 12.4. The van der Waals surface area contributed by atoms with Gasteiger partial charge in [0.1, 0.15) is 17.4 Å². The number of allylic oxidation sites excluding steroid dienone is 1. The normalized spacial score (nSPS) is 10.8. The van der Waals surface area contributed by atoms with E-state index in [2.05, 4.69) is 0 Å². The molecule has 2 rings (SSSR count). The van der Waals surface area contributed by atoms with Crippen LogP contribution in [0.3, 0.4) is 0 Å². The zero-order chi connectivity index (χ0) is 15.2. The second kappa shape index (κ2) is 6.53. The predicted molar refractivity (Wildman–Crippen MR) is 82.1 cm³/mol. The van der Waals surface area contributed by atoms with Gasteiger partial charge in [-0.15, -0.1) is 0 Å². The monoisotopic (exact) mass is 277 g/mol. The van der Waals surface area contributed by atoms with Gasteiger partial charge in [0.15, 0.2) is 0 Å². The maximum Gasteiger partial charge on any atom is 0.203 e. The Kier molecular flexibility index (Phi) is 4.53. The Bertz CT molecular complexity index is 722. The number of carbonyl (C=O) groups excluding carboxylic acids is 1. The first-order valence-electron chi connectivity index (χ1n) is 6.52. The predicted octanol–water partition coefficient (Wildman–Crippen LogP) is 3.79. The summed E-state index contributed by atoms with van der Waals surface area (Å²) >= 11 is 0. The molecule has 21 heavy (non-hydrogen) atoms. The molecule has 0 radical (unpaired) electrons. The molecule has 0 aliphatic rings. The third-order valence-corrected chi connectivity index (χ3v) is 3.18. The lowest BCUT2D eigenvalue weighted by molar-refractivity contribution is 0.103. The second-order valence-electron chi connectivity index (χ2n) is 4.59. The highest BCUT2D eigenvalue weighted by molar-refractivity contribution is 6.14. The SMILES string of the molecule is COc1ccc(/C=C(\C#N)C(=O)c2ccccc2C)cc1. The van der Waals surface area contributed by atoms with Crippen molar-refractivity contribution >= 4 is 11.9 Å². The van der Waals surface area contributed by atoms with E-state index in [1.165, 1.54) is 0 Å². The van der Waals surface area contributed by atoms with E-state index < -0.39 is 0 Å². The summed E-state index contributed by atoms with van der Waals surface area (Å²) in [5, 5.41) is 9.25. The summed E-state index contributed by atoms with van der Waals surface area (Å²) in [5.74, 6) is 0.474. The van der Waals surface area contributed by atoms with Crippen LogP contribution in [0.2, 0.25) is 0 Å². The quantitative estimate of drug-likeness (QED) is 0.485. The van der Waals surface area contributed by atoms with Gasteiger partial charge in [-0.2, -0.15) is 5.26 Å². The Labute approximate surface area is 124 Å². The molecule has 2 aromatic rings. The molecule has 0 N–H and O–H groups in total. The van der Waals surface area contributed by atoms with Crippen LogP contribution in [0.15, 0.2) is 54.1 Å². The molecular weight excluding hydrogens is 262 g/mol. The van der Waals surface area contributed by atoms with Crippen LogP contribution in [0, 0.1) is 18.3 Å². The van der Waals surface area contributed by atoms with Crippen molar-refractivity contribution in [2.24, 2.45) is 0 Å². The van der Waals surface area contributed by atoms with Crippen molar-refractivity contribution in [3.63, 3.8) is 0 Å². The van der Waals surface area contributed by atoms with E-state index in [1.807, 2.05) is 25.1 Å². The number of aryl methyl sites for hydroxylation is 1. The molecule has 0 aliphatic heterocycles. The molecule has 0 unspecified atom stereocenters. The number of methoxy groups -OCH3 is 1. The highest BCUT2D eigenvalue weighted by Gasteiger charge is 2.13. The molecule has 3 nitrogen and oxygen atoms in total. The number of ketones is 1. The number of hydrogen-bond donors (Lipinski definition) is 0. The van der Waals surface area contributed by atoms with Gasteiger partial charge in [0.2, 0.25) is 5.78 Å². The van der Waals surface area contributed by atoms with Gasteiger partial charge in [0.25, 0.3) is 0 Å². The molecule has 0 heterocycles. The number of benzene rings is 2. The van der Waals surface area contributed by atoms with Crippen LogP contribution in [0.4, 0.5) is 0 Å². The Hall–Kier alpha value is -2.86. The van der Waals surface area contributed by atoms with Crippen LogP contribution >= 0.6 is 0 Å². The topological polar surface area (TPSA) is 50.1 Å². The van der Waals surface area contributed by atoms with Gasteiger partial charge >= 0.3 is 0 Å². The van der Waals surface area contributed by atoms with Crippen LogP contribution in [0.1, 0.15) is 21.5 Å². The van der Waals surface area contributed by atoms with E-state index in [0.717, 1.165) is 16.9 Å². The average Bonchev–Trinajstić information content (AvgIpc) is 2.53. The molecule has 0 bridgehead atoms. The molecule has 104 valence electrons. The van der Waals surface area contributed by atoms with Gasteiger partial charge < -0.3 is 4.74 Å². The third-order valence-electron chi connectivity index (χ3n) is 3.18. The van der Waals surface area contributed by atoms with Crippen LogP contribution in [-0.2, 0) is 0 Å². The first-order valence-corrected chi connectivity index (χ1v) is 6.52. The van der Waals surface area contributed by atoms with E-state index in [-0.39, 0.29) is 11.4 Å². The largest absolute Gasteiger partial charge is 0.497 e. The third kappa shape index (κ3) is 3.37. The minimum atomic E-state index is -0.258. The molecule has 0 aromatic heterocycles. The summed E-state index contributed by atoms with van der Waals surface area (Å²) in [7, 11) is 1.59. The second-order valence-corrected chi connectivity index (χ2v) is 4.59. The number of nitriles is 1. The summed E-state index contributed by atoms with van der Waals surface area (Å²) in [5.41, 5.74) is 2.32. The Morgan fingerprint density at radius 1 is 1.14 bits per heavy atom. The molecule has 0 amide bonds. The lowest BCUT2D eigenvalue weighted by atomic mass is 9.98. The molecule has 2 aromatic carbocycles. The number of ether oxygens (including phenoxy) is 1. The molecule has 0 aliphatic carbocycles. The minimum absolute atomic E-state index is 0.120. The summed E-state index contributed by atoms with van der Waals surface area (Å²) in [4.78, 5) is 12.4. The highest BCUT2D eigenvalue weighted by Crippen LogP contribution is 2.17. The summed E-state index contributed by atoms with van der Waals surface area (Å²) < 4.78 is 5.08. The van der Waals surface area contributed by atoms with E-state index >= 15 is 0 Å². The van der Waals surface area contributed by atoms with Crippen LogP contribution in [0.25, 0.3) is 6.08 Å². The van der Waals surface area contributed by atoms with E-state index in [1.54, 1.807) is 49.6 Å². The van der Waals surface area contributed by atoms with E-state index in [4.69, 9.17) is 4.74 Å². The van der Waals surface area contributed by atoms with Crippen molar-refractivity contribution in [1.29, 1.82) is 5.26 Å². The zero-order valence-electron chi connectivity index (χ0n) is 12.0. The van der Waals surface area contributed by atoms with Gasteiger partial charge in [0, 0.05) is 5.56 Å². The van der Waals surface area contributed by atoms with Crippen molar-refractivity contribution in [2.45, 2.75) is 6.92 Å². The Balaban J connectivity index is 2.35. The minimum Gasteiger partial charge on any atom is -0.497 e.